The van der Waals surface area contributed by atoms with Gasteiger partial charge in [-0.1, -0.05) is 30.3 Å². The Balaban J connectivity index is 2.01. The Kier molecular flexibility index (Phi) is 3.76. The summed E-state index contributed by atoms with van der Waals surface area (Å²) < 4.78 is 5.27. The number of aliphatic hydroxyl groups excluding tert-OH is 3. The number of hydrogen-bond acceptors (Lipinski definition) is 5. The molecule has 94 valence electrons. The monoisotopic (exact) mass is 239 g/mol. The summed E-state index contributed by atoms with van der Waals surface area (Å²) in [6.07, 6.45) is -2.10. The predicted molar refractivity (Wildman–Crippen MR) is 61.1 cm³/mol. The van der Waals surface area contributed by atoms with Crippen LogP contribution in [0.2, 0.25) is 0 Å². The zero-order chi connectivity index (χ0) is 12.3. The summed E-state index contributed by atoms with van der Waals surface area (Å²) in [5, 5.41) is 31.5. The molecule has 1 aromatic rings. The Hall–Kier alpha value is -0.980. The second-order valence-electron chi connectivity index (χ2n) is 4.21. The topological polar surface area (TPSA) is 82.0 Å². The van der Waals surface area contributed by atoms with Crippen molar-refractivity contribution in [2.75, 3.05) is 13.2 Å². The van der Waals surface area contributed by atoms with Crippen LogP contribution in [0.4, 0.5) is 0 Å². The van der Waals surface area contributed by atoms with Crippen LogP contribution in [0.25, 0.3) is 0 Å². The summed E-state index contributed by atoms with van der Waals surface area (Å²) in [6.45, 7) is 0.0761. The molecule has 1 aliphatic heterocycles. The van der Waals surface area contributed by atoms with Crippen molar-refractivity contribution in [1.82, 2.24) is 5.32 Å². The van der Waals surface area contributed by atoms with Gasteiger partial charge in [0.15, 0.2) is 5.72 Å². The third-order valence-electron chi connectivity index (χ3n) is 3.02. The maximum absolute atomic E-state index is 9.79. The third-order valence-corrected chi connectivity index (χ3v) is 3.02. The van der Waals surface area contributed by atoms with E-state index in [9.17, 15) is 15.3 Å². The minimum atomic E-state index is -1.27. The van der Waals surface area contributed by atoms with E-state index < -0.39 is 24.5 Å². The number of benzene rings is 1. The highest BCUT2D eigenvalue weighted by molar-refractivity contribution is 5.15. The smallest absolute Gasteiger partial charge is 0.171 e. The van der Waals surface area contributed by atoms with Gasteiger partial charge in [0.25, 0.3) is 0 Å². The van der Waals surface area contributed by atoms with Crippen LogP contribution in [-0.2, 0) is 11.3 Å². The van der Waals surface area contributed by atoms with Crippen LogP contribution in [0.5, 0.6) is 0 Å². The van der Waals surface area contributed by atoms with Crippen molar-refractivity contribution < 1.29 is 20.1 Å². The SMILES string of the molecule is OC[C@@]1(NCc2ccccc2)OC[C@H](O)[C@@H]1O. The van der Waals surface area contributed by atoms with Crippen molar-refractivity contribution >= 4 is 0 Å². The molecule has 0 radical (unpaired) electrons. The fraction of sp³-hybridized carbons (Fsp3) is 0.500. The van der Waals surface area contributed by atoms with E-state index in [4.69, 9.17) is 4.74 Å². The summed E-state index contributed by atoms with van der Waals surface area (Å²) in [5.74, 6) is 0. The van der Waals surface area contributed by atoms with Gasteiger partial charge in [-0.2, -0.15) is 0 Å². The molecule has 3 atom stereocenters. The summed E-state index contributed by atoms with van der Waals surface area (Å²) in [7, 11) is 0. The molecule has 17 heavy (non-hydrogen) atoms. The molecule has 0 aliphatic carbocycles. The second kappa shape index (κ2) is 5.12. The first-order valence-corrected chi connectivity index (χ1v) is 5.58. The van der Waals surface area contributed by atoms with Crippen molar-refractivity contribution in [3.63, 3.8) is 0 Å². The fourth-order valence-corrected chi connectivity index (χ4v) is 1.92. The molecular weight excluding hydrogens is 222 g/mol. The molecule has 1 fully saturated rings. The van der Waals surface area contributed by atoms with E-state index in [0.717, 1.165) is 5.56 Å². The molecule has 1 aliphatic rings. The van der Waals surface area contributed by atoms with E-state index in [1.165, 1.54) is 0 Å². The molecular formula is C12H17NO4. The van der Waals surface area contributed by atoms with E-state index >= 15 is 0 Å². The van der Waals surface area contributed by atoms with Gasteiger partial charge < -0.3 is 20.1 Å². The van der Waals surface area contributed by atoms with Gasteiger partial charge in [0.2, 0.25) is 0 Å². The van der Waals surface area contributed by atoms with Gasteiger partial charge in [-0.15, -0.1) is 0 Å². The van der Waals surface area contributed by atoms with Crippen LogP contribution in [0.15, 0.2) is 30.3 Å². The van der Waals surface area contributed by atoms with Gasteiger partial charge in [0.1, 0.15) is 12.2 Å². The molecule has 1 heterocycles. The van der Waals surface area contributed by atoms with Crippen molar-refractivity contribution in [1.29, 1.82) is 0 Å². The zero-order valence-corrected chi connectivity index (χ0v) is 9.41. The number of hydrogen-bond donors (Lipinski definition) is 4. The Labute approximate surface area is 99.7 Å². The molecule has 4 N–H and O–H groups in total. The van der Waals surface area contributed by atoms with Gasteiger partial charge in [-0.25, -0.2) is 0 Å². The number of aliphatic hydroxyl groups is 3. The summed E-state index contributed by atoms with van der Waals surface area (Å²) in [4.78, 5) is 0. The molecule has 5 heteroatoms. The minimum absolute atomic E-state index is 0.0174. The highest BCUT2D eigenvalue weighted by atomic mass is 16.6. The van der Waals surface area contributed by atoms with Gasteiger partial charge in [0.05, 0.1) is 13.2 Å². The molecule has 5 nitrogen and oxygen atoms in total. The molecule has 1 aromatic carbocycles. The van der Waals surface area contributed by atoms with Crippen LogP contribution >= 0.6 is 0 Å². The molecule has 0 saturated carbocycles. The highest BCUT2D eigenvalue weighted by Crippen LogP contribution is 2.24. The maximum atomic E-state index is 9.79. The Morgan fingerprint density at radius 2 is 2.00 bits per heavy atom. The van der Waals surface area contributed by atoms with Crippen LogP contribution in [0.3, 0.4) is 0 Å². The van der Waals surface area contributed by atoms with Crippen molar-refractivity contribution in [3.05, 3.63) is 35.9 Å². The Bertz CT molecular complexity index is 359. The first kappa shape index (κ1) is 12.5. The maximum Gasteiger partial charge on any atom is 0.171 e. The quantitative estimate of drug-likeness (QED) is 0.554. The molecule has 0 amide bonds. The molecule has 0 spiro atoms. The predicted octanol–water partition coefficient (Wildman–Crippen LogP) is -0.783. The molecule has 1 saturated heterocycles. The summed E-state index contributed by atoms with van der Waals surface area (Å²) in [6, 6.07) is 9.58. The molecule has 0 bridgehead atoms. The standard InChI is InChI=1S/C12H17NO4/c14-8-12(11(16)10(15)7-17-12)13-6-9-4-2-1-3-5-9/h1-5,10-11,13-16H,6-8H2/t10-,11-,12+/m0/s1. The first-order valence-electron chi connectivity index (χ1n) is 5.58. The lowest BCUT2D eigenvalue weighted by molar-refractivity contribution is -0.118. The normalized spacial score (nSPS) is 32.9. The lowest BCUT2D eigenvalue weighted by Gasteiger charge is -2.31. The first-order chi connectivity index (χ1) is 8.18. The highest BCUT2D eigenvalue weighted by Gasteiger charge is 2.48. The van der Waals surface area contributed by atoms with Gasteiger partial charge in [-0.3, -0.25) is 5.32 Å². The van der Waals surface area contributed by atoms with E-state index in [1.54, 1.807) is 0 Å². The van der Waals surface area contributed by atoms with E-state index in [1.807, 2.05) is 30.3 Å². The molecule has 0 unspecified atom stereocenters. The third kappa shape index (κ3) is 2.48. The lowest BCUT2D eigenvalue weighted by atomic mass is 10.1. The Morgan fingerprint density at radius 1 is 1.29 bits per heavy atom. The van der Waals surface area contributed by atoms with E-state index in [2.05, 4.69) is 5.32 Å². The minimum Gasteiger partial charge on any atom is -0.392 e. The van der Waals surface area contributed by atoms with Crippen LogP contribution in [0, 0.1) is 0 Å². The van der Waals surface area contributed by atoms with Crippen molar-refractivity contribution in [2.24, 2.45) is 0 Å². The largest absolute Gasteiger partial charge is 0.392 e. The van der Waals surface area contributed by atoms with Crippen LogP contribution in [-0.4, -0.2) is 46.5 Å². The number of ether oxygens (including phenoxy) is 1. The second-order valence-corrected chi connectivity index (χ2v) is 4.21. The Morgan fingerprint density at radius 3 is 2.53 bits per heavy atom. The summed E-state index contributed by atoms with van der Waals surface area (Å²) in [5.41, 5.74) is -0.257. The van der Waals surface area contributed by atoms with Crippen LogP contribution < -0.4 is 5.32 Å². The average molecular weight is 239 g/mol. The van der Waals surface area contributed by atoms with Gasteiger partial charge in [0, 0.05) is 6.54 Å². The van der Waals surface area contributed by atoms with Crippen LogP contribution in [0.1, 0.15) is 5.56 Å². The van der Waals surface area contributed by atoms with E-state index in [0.29, 0.717) is 6.54 Å². The van der Waals surface area contributed by atoms with Crippen molar-refractivity contribution in [3.8, 4) is 0 Å². The fourth-order valence-electron chi connectivity index (χ4n) is 1.92. The van der Waals surface area contributed by atoms with Crippen molar-refractivity contribution in [2.45, 2.75) is 24.5 Å². The summed E-state index contributed by atoms with van der Waals surface area (Å²) >= 11 is 0. The number of nitrogens with one attached hydrogen (secondary N) is 1. The zero-order valence-electron chi connectivity index (χ0n) is 9.41. The van der Waals surface area contributed by atoms with Gasteiger partial charge >= 0.3 is 0 Å². The molecule has 2 rings (SSSR count). The molecule has 0 aromatic heterocycles. The average Bonchev–Trinajstić information content (AvgIpc) is 2.66. The van der Waals surface area contributed by atoms with E-state index in [-0.39, 0.29) is 6.61 Å². The van der Waals surface area contributed by atoms with Gasteiger partial charge in [-0.05, 0) is 5.56 Å². The number of rotatable bonds is 4. The lowest BCUT2D eigenvalue weighted by Crippen LogP contribution is -2.57.